The summed E-state index contributed by atoms with van der Waals surface area (Å²) in [5.41, 5.74) is 9.14. The van der Waals surface area contributed by atoms with E-state index in [2.05, 4.69) is 23.3 Å². The fourth-order valence-corrected chi connectivity index (χ4v) is 6.55. The van der Waals surface area contributed by atoms with Crippen LogP contribution in [0.3, 0.4) is 0 Å². The minimum Gasteiger partial charge on any atom is -0.504 e. The summed E-state index contributed by atoms with van der Waals surface area (Å²) in [4.78, 5) is 3.26. The first-order valence-corrected chi connectivity index (χ1v) is 15.8. The minimum absolute atomic E-state index is 0.0121. The van der Waals surface area contributed by atoms with Gasteiger partial charge in [0.05, 0.1) is 24.6 Å². The van der Waals surface area contributed by atoms with E-state index < -0.39 is 18.3 Å². The Morgan fingerprint density at radius 2 is 1.95 bits per heavy atom. The Bertz CT molecular complexity index is 1150. The molecular weight excluding hydrogens is 530 g/mol. The van der Waals surface area contributed by atoms with Gasteiger partial charge in [0, 0.05) is 18.4 Å². The number of allylic oxidation sites excluding steroid dienone is 2. The number of nitrogens with one attached hydrogen (secondary N) is 2. The van der Waals surface area contributed by atoms with E-state index in [0.29, 0.717) is 43.8 Å². The van der Waals surface area contributed by atoms with Gasteiger partial charge in [-0.15, -0.1) is 0 Å². The van der Waals surface area contributed by atoms with Gasteiger partial charge in [-0.25, -0.2) is 0 Å². The zero-order chi connectivity index (χ0) is 29.9. The molecule has 42 heavy (non-hydrogen) atoms. The molecule has 8 N–H and O–H groups in total. The number of hydrogen-bond acceptors (Lipinski definition) is 7. The predicted octanol–water partition coefficient (Wildman–Crippen LogP) is 4.69. The van der Waals surface area contributed by atoms with Gasteiger partial charge in [-0.3, -0.25) is 0 Å². The van der Waals surface area contributed by atoms with Crippen molar-refractivity contribution in [1.29, 1.82) is 0 Å². The van der Waals surface area contributed by atoms with Crippen molar-refractivity contribution in [2.24, 2.45) is 23.5 Å². The first kappa shape index (κ1) is 32.0. The van der Waals surface area contributed by atoms with Gasteiger partial charge in [-0.1, -0.05) is 44.7 Å². The highest BCUT2D eigenvalue weighted by Crippen LogP contribution is 2.34. The van der Waals surface area contributed by atoms with Crippen molar-refractivity contribution in [1.82, 2.24) is 10.3 Å². The highest BCUT2D eigenvalue weighted by molar-refractivity contribution is 5.42. The number of aromatic hydroxyl groups is 1. The van der Waals surface area contributed by atoms with Crippen LogP contribution in [-0.4, -0.2) is 56.9 Å². The van der Waals surface area contributed by atoms with Gasteiger partial charge in [0.2, 0.25) is 0 Å². The van der Waals surface area contributed by atoms with E-state index in [9.17, 15) is 20.4 Å². The number of aliphatic hydroxyl groups excluding tert-OH is 3. The predicted molar refractivity (Wildman–Crippen MR) is 166 cm³/mol. The van der Waals surface area contributed by atoms with E-state index in [-0.39, 0.29) is 24.2 Å². The molecule has 1 aliphatic heterocycles. The van der Waals surface area contributed by atoms with Crippen molar-refractivity contribution in [2.75, 3.05) is 13.2 Å². The van der Waals surface area contributed by atoms with Crippen LogP contribution >= 0.6 is 0 Å². The average molecular weight is 582 g/mol. The first-order valence-electron chi connectivity index (χ1n) is 15.8. The molecule has 1 saturated carbocycles. The maximum atomic E-state index is 10.8. The fourth-order valence-electron chi connectivity index (χ4n) is 6.55. The maximum Gasteiger partial charge on any atom is 0.161 e. The van der Waals surface area contributed by atoms with Crippen LogP contribution in [0.4, 0.5) is 0 Å². The quantitative estimate of drug-likeness (QED) is 0.151. The average Bonchev–Trinajstić information content (AvgIpc) is 3.38. The van der Waals surface area contributed by atoms with Gasteiger partial charge >= 0.3 is 0 Å². The molecule has 8 heteroatoms. The lowest BCUT2D eigenvalue weighted by molar-refractivity contribution is 0.0352. The number of aliphatic hydroxyl groups is 3. The molecule has 1 aliphatic carbocycles. The number of ether oxygens (including phenoxy) is 1. The summed E-state index contributed by atoms with van der Waals surface area (Å²) in [6.07, 6.45) is 14.0. The van der Waals surface area contributed by atoms with Crippen LogP contribution in [-0.2, 0) is 12.8 Å². The highest BCUT2D eigenvalue weighted by Gasteiger charge is 2.26. The van der Waals surface area contributed by atoms with E-state index >= 15 is 0 Å². The summed E-state index contributed by atoms with van der Waals surface area (Å²) < 4.78 is 6.18. The smallest absolute Gasteiger partial charge is 0.161 e. The second-order valence-corrected chi connectivity index (χ2v) is 12.3. The molecule has 0 amide bonds. The number of aryl methyl sites for hydroxylation is 1. The van der Waals surface area contributed by atoms with Crippen LogP contribution in [0, 0.1) is 17.8 Å². The Labute approximate surface area is 250 Å². The summed E-state index contributed by atoms with van der Waals surface area (Å²) in [7, 11) is 0. The van der Waals surface area contributed by atoms with E-state index in [1.807, 2.05) is 30.5 Å². The van der Waals surface area contributed by atoms with Gasteiger partial charge in [0.1, 0.15) is 6.10 Å². The van der Waals surface area contributed by atoms with Gasteiger partial charge < -0.3 is 41.2 Å². The third-order valence-electron chi connectivity index (χ3n) is 9.17. The number of dihydropyridines is 1. The summed E-state index contributed by atoms with van der Waals surface area (Å²) in [6.45, 7) is 2.69. The van der Waals surface area contributed by atoms with Gasteiger partial charge in [0.15, 0.2) is 11.5 Å². The van der Waals surface area contributed by atoms with Crippen molar-refractivity contribution in [3.63, 3.8) is 0 Å². The number of aromatic amines is 1. The molecule has 0 bridgehead atoms. The Kier molecular flexibility index (Phi) is 12.2. The molecule has 1 aromatic heterocycles. The topological polar surface area (TPSA) is 144 Å². The molecule has 2 aliphatic rings. The van der Waals surface area contributed by atoms with Gasteiger partial charge in [-0.2, -0.15) is 0 Å². The number of benzene rings is 1. The molecule has 2 heterocycles. The largest absolute Gasteiger partial charge is 0.504 e. The molecule has 6 atom stereocenters. The van der Waals surface area contributed by atoms with Crippen LogP contribution in [0.1, 0.15) is 76.0 Å². The molecule has 0 spiro atoms. The van der Waals surface area contributed by atoms with Crippen LogP contribution in [0.25, 0.3) is 0 Å². The van der Waals surface area contributed by atoms with E-state index in [0.717, 1.165) is 48.4 Å². The zero-order valence-corrected chi connectivity index (χ0v) is 25.0. The van der Waals surface area contributed by atoms with Crippen molar-refractivity contribution >= 4 is 0 Å². The summed E-state index contributed by atoms with van der Waals surface area (Å²) in [6, 6.07) is 9.23. The van der Waals surface area contributed by atoms with E-state index in [1.165, 1.54) is 19.3 Å². The number of phenols is 1. The van der Waals surface area contributed by atoms with Gasteiger partial charge in [-0.05, 0) is 104 Å². The van der Waals surface area contributed by atoms with Crippen molar-refractivity contribution in [3.8, 4) is 11.5 Å². The van der Waals surface area contributed by atoms with Crippen molar-refractivity contribution in [3.05, 3.63) is 71.3 Å². The molecule has 0 unspecified atom stereocenters. The molecule has 4 rings (SSSR count). The van der Waals surface area contributed by atoms with Gasteiger partial charge in [0.25, 0.3) is 0 Å². The van der Waals surface area contributed by atoms with Crippen LogP contribution in [0.2, 0.25) is 0 Å². The van der Waals surface area contributed by atoms with E-state index in [4.69, 9.17) is 10.5 Å². The molecule has 1 fully saturated rings. The van der Waals surface area contributed by atoms with Crippen LogP contribution in [0.15, 0.2) is 60.1 Å². The molecule has 0 saturated heterocycles. The molecule has 1 aromatic carbocycles. The van der Waals surface area contributed by atoms with Crippen LogP contribution < -0.4 is 15.8 Å². The van der Waals surface area contributed by atoms with Crippen molar-refractivity contribution < 1.29 is 25.2 Å². The normalized spacial score (nSPS) is 22.2. The molecular formula is C34H51N3O5. The summed E-state index contributed by atoms with van der Waals surface area (Å²) in [5, 5.41) is 45.5. The molecule has 8 nitrogen and oxygen atoms in total. The second-order valence-electron chi connectivity index (χ2n) is 12.3. The number of hydrogen-bond donors (Lipinski definition) is 7. The van der Waals surface area contributed by atoms with E-state index in [1.54, 1.807) is 12.1 Å². The summed E-state index contributed by atoms with van der Waals surface area (Å²) >= 11 is 0. The number of phenolic OH excluding ortho intramolecular Hbond substituents is 1. The Morgan fingerprint density at radius 3 is 2.69 bits per heavy atom. The summed E-state index contributed by atoms with van der Waals surface area (Å²) in [5.74, 6) is 2.04. The lowest BCUT2D eigenvalue weighted by atomic mass is 9.87. The number of aromatic nitrogens is 1. The number of nitrogens with two attached hydrogens (primary N) is 1. The third-order valence-corrected chi connectivity index (χ3v) is 9.17. The zero-order valence-electron chi connectivity index (χ0n) is 25.0. The lowest BCUT2D eigenvalue weighted by Gasteiger charge is -2.26. The highest BCUT2D eigenvalue weighted by atomic mass is 16.5. The molecule has 0 radical (unpaired) electrons. The number of rotatable bonds is 15. The second kappa shape index (κ2) is 16.1. The SMILES string of the molecule is CC[C@@H]1CCC[C@H]([C@H](O)C[C@H](O)CCc2ccc(O)c(O[C@H](CO)C[C@H](Cc3ccc[nH]3)C3=CCNC(N)=C3)c2)CC1. The molecule has 232 valence electrons. The standard InChI is InChI=1S/C34H51N3O5/c1-2-23-5-3-6-25(11-8-23)32(41)21-29(39)12-9-24-10-13-31(40)33(17-24)42-30(22-38)19-27(18-28-7-4-15-36-28)26-14-16-37-34(35)20-26/h4,7,10,13-15,17,20,23,25,27,29-30,32,36-41H,2-3,5-6,8-9,11-12,16,18-19,21-22,35H2,1H3/t23-,25+,27+,29-,30+,32-/m1/s1. The van der Waals surface area contributed by atoms with Crippen molar-refractivity contribution in [2.45, 2.75) is 95.9 Å². The lowest BCUT2D eigenvalue weighted by Crippen LogP contribution is -2.29. The number of H-pyrrole nitrogens is 1. The Morgan fingerprint density at radius 1 is 1.10 bits per heavy atom. The maximum absolute atomic E-state index is 10.8. The van der Waals surface area contributed by atoms with Crippen LogP contribution in [0.5, 0.6) is 11.5 Å². The fraction of sp³-hybridized carbons (Fsp3) is 0.588. The molecule has 2 aromatic rings. The Balaban J connectivity index is 1.33. The first-order chi connectivity index (χ1) is 20.3. The monoisotopic (exact) mass is 581 g/mol. The Hall–Kier alpha value is -2.94. The minimum atomic E-state index is -0.596. The third kappa shape index (κ3) is 9.54.